The largest absolute Gasteiger partial charge is 0.360 e. The highest BCUT2D eigenvalue weighted by Gasteiger charge is 2.15. The average Bonchev–Trinajstić information content (AvgIpc) is 3.20. The van der Waals surface area contributed by atoms with Crippen LogP contribution in [0.15, 0.2) is 52.6 Å². The minimum absolute atomic E-state index is 0.0579. The van der Waals surface area contributed by atoms with Crippen LogP contribution in [0.25, 0.3) is 11.9 Å². The van der Waals surface area contributed by atoms with Gasteiger partial charge in [-0.1, -0.05) is 35.5 Å². The molecule has 0 aliphatic heterocycles. The molecule has 0 aliphatic rings. The number of hydrogen-bond donors (Lipinski definition) is 1. The quantitative estimate of drug-likeness (QED) is 0.556. The van der Waals surface area contributed by atoms with Crippen molar-refractivity contribution in [2.75, 3.05) is 0 Å². The first-order chi connectivity index (χ1) is 13.0. The summed E-state index contributed by atoms with van der Waals surface area (Å²) in [5, 5.41) is 16.3. The highest BCUT2D eigenvalue weighted by atomic mass is 16.5. The number of carbonyl (C=O) groups is 1. The van der Waals surface area contributed by atoms with E-state index in [0.717, 1.165) is 22.5 Å². The van der Waals surface area contributed by atoms with E-state index in [4.69, 9.17) is 4.52 Å². The third-order valence-electron chi connectivity index (χ3n) is 4.28. The predicted octanol–water partition coefficient (Wildman–Crippen LogP) is 3.61. The predicted molar refractivity (Wildman–Crippen MR) is 102 cm³/mol. The number of hydrogen-bond acceptors (Lipinski definition) is 4. The lowest BCUT2D eigenvalue weighted by molar-refractivity contribution is -0.117. The standard InChI is InChI=1S/C21H20N4O2/c1-14-9-18(16(3)25(14)20-10-15(2)27-24-20)11-19(12-22)21(26)23-13-17-7-5-4-6-8-17/h4-11H,13H2,1-3H3,(H,23,26)/b19-11+. The summed E-state index contributed by atoms with van der Waals surface area (Å²) in [4.78, 5) is 12.4. The van der Waals surface area contributed by atoms with Crippen LogP contribution in [0, 0.1) is 32.1 Å². The van der Waals surface area contributed by atoms with Crippen molar-refractivity contribution >= 4 is 12.0 Å². The maximum Gasteiger partial charge on any atom is 0.262 e. The number of nitrogens with zero attached hydrogens (tertiary/aromatic N) is 3. The molecule has 6 heteroatoms. The molecule has 1 aromatic carbocycles. The van der Waals surface area contributed by atoms with Gasteiger partial charge in [0.2, 0.25) is 0 Å². The van der Waals surface area contributed by atoms with Gasteiger partial charge in [0.05, 0.1) is 0 Å². The second kappa shape index (κ2) is 7.75. The van der Waals surface area contributed by atoms with Gasteiger partial charge in [0, 0.05) is 24.0 Å². The summed E-state index contributed by atoms with van der Waals surface area (Å²) < 4.78 is 7.08. The summed E-state index contributed by atoms with van der Waals surface area (Å²) in [6.45, 7) is 6.06. The maximum absolute atomic E-state index is 12.4. The first kappa shape index (κ1) is 18.2. The summed E-state index contributed by atoms with van der Waals surface area (Å²) >= 11 is 0. The fourth-order valence-corrected chi connectivity index (χ4v) is 2.92. The Hall–Kier alpha value is -3.59. The maximum atomic E-state index is 12.4. The average molecular weight is 360 g/mol. The monoisotopic (exact) mass is 360 g/mol. The van der Waals surface area contributed by atoms with Crippen LogP contribution in [0.3, 0.4) is 0 Å². The van der Waals surface area contributed by atoms with Crippen LogP contribution in [0.4, 0.5) is 0 Å². The Labute approximate surface area is 157 Å². The van der Waals surface area contributed by atoms with Crippen LogP contribution in [0.2, 0.25) is 0 Å². The van der Waals surface area contributed by atoms with E-state index >= 15 is 0 Å². The van der Waals surface area contributed by atoms with E-state index in [9.17, 15) is 10.1 Å². The molecule has 6 nitrogen and oxygen atoms in total. The molecule has 0 unspecified atom stereocenters. The molecule has 0 aliphatic carbocycles. The van der Waals surface area contributed by atoms with Crippen LogP contribution in [0.1, 0.15) is 28.3 Å². The molecule has 0 spiro atoms. The van der Waals surface area contributed by atoms with Gasteiger partial charge in [-0.2, -0.15) is 5.26 Å². The molecule has 136 valence electrons. The second-order valence-electron chi connectivity index (χ2n) is 6.30. The van der Waals surface area contributed by atoms with Crippen molar-refractivity contribution < 1.29 is 9.32 Å². The van der Waals surface area contributed by atoms with Gasteiger partial charge < -0.3 is 9.84 Å². The van der Waals surface area contributed by atoms with E-state index in [2.05, 4.69) is 10.5 Å². The van der Waals surface area contributed by atoms with Gasteiger partial charge in [-0.3, -0.25) is 9.36 Å². The molecule has 3 aromatic rings. The van der Waals surface area contributed by atoms with Crippen molar-refractivity contribution in [2.45, 2.75) is 27.3 Å². The fourth-order valence-electron chi connectivity index (χ4n) is 2.92. The van der Waals surface area contributed by atoms with Gasteiger partial charge in [-0.25, -0.2) is 0 Å². The molecule has 1 N–H and O–H groups in total. The van der Waals surface area contributed by atoms with Gasteiger partial charge in [0.15, 0.2) is 5.82 Å². The summed E-state index contributed by atoms with van der Waals surface area (Å²) in [6.07, 6.45) is 1.60. The minimum Gasteiger partial charge on any atom is -0.360 e. The van der Waals surface area contributed by atoms with Gasteiger partial charge >= 0.3 is 0 Å². The molecule has 3 rings (SSSR count). The number of nitriles is 1. The number of carbonyl (C=O) groups excluding carboxylic acids is 1. The number of amides is 1. The summed E-state index contributed by atoms with van der Waals surface area (Å²) in [7, 11) is 0. The summed E-state index contributed by atoms with van der Waals surface area (Å²) in [5.74, 6) is 0.991. The van der Waals surface area contributed by atoms with Crippen molar-refractivity contribution in [3.8, 4) is 11.9 Å². The topological polar surface area (TPSA) is 83.9 Å². The highest BCUT2D eigenvalue weighted by molar-refractivity contribution is 6.01. The second-order valence-corrected chi connectivity index (χ2v) is 6.30. The molecule has 0 radical (unpaired) electrons. The van der Waals surface area contributed by atoms with E-state index < -0.39 is 5.91 Å². The Morgan fingerprint density at radius 1 is 1.26 bits per heavy atom. The molecule has 0 saturated carbocycles. The summed E-state index contributed by atoms with van der Waals surface area (Å²) in [6, 6.07) is 15.3. The zero-order valence-electron chi connectivity index (χ0n) is 15.5. The Balaban J connectivity index is 1.83. The number of rotatable bonds is 5. The van der Waals surface area contributed by atoms with Gasteiger partial charge in [-0.05, 0) is 44.0 Å². The van der Waals surface area contributed by atoms with E-state index in [1.807, 2.05) is 73.9 Å². The van der Waals surface area contributed by atoms with Crippen molar-refractivity contribution in [3.63, 3.8) is 0 Å². The number of benzene rings is 1. The number of aryl methyl sites for hydroxylation is 2. The highest BCUT2D eigenvalue weighted by Crippen LogP contribution is 2.22. The molecule has 0 saturated heterocycles. The molecule has 2 aromatic heterocycles. The Bertz CT molecular complexity index is 1040. The van der Waals surface area contributed by atoms with E-state index in [1.54, 1.807) is 6.08 Å². The summed E-state index contributed by atoms with van der Waals surface area (Å²) in [5.41, 5.74) is 3.64. The van der Waals surface area contributed by atoms with Crippen molar-refractivity contribution in [1.82, 2.24) is 15.0 Å². The van der Waals surface area contributed by atoms with Crippen LogP contribution in [-0.4, -0.2) is 15.6 Å². The van der Waals surface area contributed by atoms with Crippen LogP contribution in [0.5, 0.6) is 0 Å². The zero-order valence-corrected chi connectivity index (χ0v) is 15.5. The van der Waals surface area contributed by atoms with Crippen LogP contribution < -0.4 is 5.32 Å². The molecule has 0 atom stereocenters. The smallest absolute Gasteiger partial charge is 0.262 e. The fraction of sp³-hybridized carbons (Fsp3) is 0.190. The van der Waals surface area contributed by atoms with Crippen molar-refractivity contribution in [1.29, 1.82) is 5.26 Å². The molecule has 27 heavy (non-hydrogen) atoms. The van der Waals surface area contributed by atoms with Gasteiger partial charge in [-0.15, -0.1) is 0 Å². The molecule has 1 amide bonds. The lowest BCUT2D eigenvalue weighted by Gasteiger charge is -2.05. The van der Waals surface area contributed by atoms with E-state index in [1.165, 1.54) is 0 Å². The molecular weight excluding hydrogens is 340 g/mol. The third kappa shape index (κ3) is 3.98. The Kier molecular flexibility index (Phi) is 5.23. The van der Waals surface area contributed by atoms with Gasteiger partial charge in [0.25, 0.3) is 5.91 Å². The number of aromatic nitrogens is 2. The van der Waals surface area contributed by atoms with Crippen molar-refractivity contribution in [3.05, 3.63) is 76.3 Å². The first-order valence-corrected chi connectivity index (χ1v) is 8.56. The van der Waals surface area contributed by atoms with Crippen LogP contribution in [-0.2, 0) is 11.3 Å². The SMILES string of the molecule is Cc1cc(-n2c(C)cc(/C=C(\C#N)C(=O)NCc3ccccc3)c2C)no1. The lowest BCUT2D eigenvalue weighted by atomic mass is 10.1. The van der Waals surface area contributed by atoms with Gasteiger partial charge in [0.1, 0.15) is 17.4 Å². The Morgan fingerprint density at radius 2 is 2.00 bits per heavy atom. The zero-order chi connectivity index (χ0) is 19.4. The third-order valence-corrected chi connectivity index (χ3v) is 4.28. The van der Waals surface area contributed by atoms with Crippen LogP contribution >= 0.6 is 0 Å². The van der Waals surface area contributed by atoms with Crippen molar-refractivity contribution in [2.24, 2.45) is 0 Å². The number of nitrogens with one attached hydrogen (secondary N) is 1. The molecule has 2 heterocycles. The first-order valence-electron chi connectivity index (χ1n) is 8.56. The van der Waals surface area contributed by atoms with E-state index in [0.29, 0.717) is 18.1 Å². The molecular formula is C21H20N4O2. The molecule has 0 fully saturated rings. The minimum atomic E-state index is -0.400. The van der Waals surface area contributed by atoms with E-state index in [-0.39, 0.29) is 5.57 Å². The normalized spacial score (nSPS) is 11.3. The lowest BCUT2D eigenvalue weighted by Crippen LogP contribution is -2.23. The Morgan fingerprint density at radius 3 is 2.63 bits per heavy atom. The molecule has 0 bridgehead atoms.